The second-order valence-corrected chi connectivity index (χ2v) is 13.8. The number of carbonyl (C=O) groups excluding carboxylic acids is 2. The number of rotatable bonds is 13. The van der Waals surface area contributed by atoms with Crippen LogP contribution in [0.1, 0.15) is 47.7 Å². The smallest absolute Gasteiger partial charge is 0.418 e. The lowest BCUT2D eigenvalue weighted by atomic mass is 9.82. The lowest BCUT2D eigenvalue weighted by molar-refractivity contribution is -0.753. The number of carbonyl (C=O) groups is 2. The lowest BCUT2D eigenvalue weighted by Gasteiger charge is -2.32. The van der Waals surface area contributed by atoms with Gasteiger partial charge in [-0.05, 0) is 43.4 Å². The molecule has 0 aliphatic heterocycles. The van der Waals surface area contributed by atoms with Crippen molar-refractivity contribution in [1.82, 2.24) is 25.1 Å². The van der Waals surface area contributed by atoms with Gasteiger partial charge in [0, 0.05) is 53.3 Å². The number of ether oxygens (including phenoxy) is 2. The highest BCUT2D eigenvalue weighted by Crippen LogP contribution is 2.41. The van der Waals surface area contributed by atoms with Gasteiger partial charge in [-0.2, -0.15) is 9.83 Å². The van der Waals surface area contributed by atoms with Crippen LogP contribution in [0.5, 0.6) is 0 Å². The summed E-state index contributed by atoms with van der Waals surface area (Å²) < 4.78 is 76.4. The molecule has 2 aromatic carbocycles. The van der Waals surface area contributed by atoms with Gasteiger partial charge in [0.1, 0.15) is 36.2 Å². The van der Waals surface area contributed by atoms with Gasteiger partial charge in [-0.15, -0.1) is 16.0 Å². The zero-order chi connectivity index (χ0) is 41.2. The van der Waals surface area contributed by atoms with E-state index in [0.29, 0.717) is 21.8 Å². The zero-order valence-corrected chi connectivity index (χ0v) is 31.9. The number of aliphatic hydroxyl groups is 1. The molecule has 5 aromatic rings. The number of nitrogens with zero attached hydrogens (tertiary/aromatic N) is 7. The first-order valence-electron chi connectivity index (χ1n) is 16.4. The van der Waals surface area contributed by atoms with Gasteiger partial charge in [-0.25, -0.2) is 32.0 Å². The SMILES string of the molecule is CNCC(=O)OCc1cccnc1N(C)C(=O)OC(C)[n+]1cnn(CC(O)(c2cc(F)ccc2F)C(C)c2nc(-c3ccc(C#N)cc3)cs2)c1.O=S(=O)([O-])O. The van der Waals surface area contributed by atoms with Crippen molar-refractivity contribution >= 4 is 39.6 Å². The van der Waals surface area contributed by atoms with Crippen molar-refractivity contribution in [3.8, 4) is 17.3 Å². The third-order valence-corrected chi connectivity index (χ3v) is 9.20. The molecule has 17 nitrogen and oxygen atoms in total. The van der Waals surface area contributed by atoms with Crippen LogP contribution in [-0.4, -0.2) is 75.1 Å². The number of likely N-dealkylation sites (N-methyl/N-ethyl adjacent to an activating group) is 1. The number of nitrogens with one attached hydrogen (secondary N) is 1. The number of halogens is 2. The molecule has 0 saturated heterocycles. The minimum Gasteiger partial charge on any atom is -0.726 e. The molecule has 296 valence electrons. The van der Waals surface area contributed by atoms with Crippen molar-refractivity contribution in [3.63, 3.8) is 0 Å². The van der Waals surface area contributed by atoms with Crippen LogP contribution in [-0.2, 0) is 43.4 Å². The number of anilines is 1. The minimum atomic E-state index is -4.92. The third kappa shape index (κ3) is 11.4. The number of nitriles is 1. The Bertz CT molecular complexity index is 2290. The normalized spacial score (nSPS) is 13.3. The monoisotopic (exact) mass is 814 g/mol. The van der Waals surface area contributed by atoms with E-state index in [1.165, 1.54) is 51.4 Å². The van der Waals surface area contributed by atoms with Gasteiger partial charge >= 0.3 is 12.1 Å². The fourth-order valence-corrected chi connectivity index (χ4v) is 6.22. The molecule has 0 aliphatic rings. The molecular formula is C35H36F2N8O9S2. The van der Waals surface area contributed by atoms with Crippen LogP contribution in [0.3, 0.4) is 0 Å². The van der Waals surface area contributed by atoms with Crippen molar-refractivity contribution < 1.29 is 55.0 Å². The van der Waals surface area contributed by atoms with Crippen LogP contribution in [0.15, 0.2) is 78.8 Å². The molecule has 5 rings (SSSR count). The maximum atomic E-state index is 15.3. The summed E-state index contributed by atoms with van der Waals surface area (Å²) in [5.41, 5.74) is 0.000750. The molecule has 0 radical (unpaired) electrons. The van der Waals surface area contributed by atoms with E-state index in [1.807, 2.05) is 0 Å². The molecule has 0 aliphatic carbocycles. The van der Waals surface area contributed by atoms with Crippen molar-refractivity contribution in [2.24, 2.45) is 0 Å². The Morgan fingerprint density at radius 2 is 1.89 bits per heavy atom. The maximum Gasteiger partial charge on any atom is 0.418 e. The summed E-state index contributed by atoms with van der Waals surface area (Å²) in [6.07, 6.45) is 2.65. The molecular weight excluding hydrogens is 779 g/mol. The number of amides is 1. The Labute approximate surface area is 324 Å². The zero-order valence-electron chi connectivity index (χ0n) is 30.2. The van der Waals surface area contributed by atoms with Gasteiger partial charge in [0.15, 0.2) is 0 Å². The Hall–Kier alpha value is -5.76. The highest BCUT2D eigenvalue weighted by molar-refractivity contribution is 7.79. The first kappa shape index (κ1) is 43.0. The molecule has 0 saturated carbocycles. The number of pyridine rings is 1. The Morgan fingerprint density at radius 3 is 2.55 bits per heavy atom. The number of hydrogen-bond acceptors (Lipinski definition) is 14. The van der Waals surface area contributed by atoms with Gasteiger partial charge in [-0.1, -0.05) is 25.1 Å². The Balaban J connectivity index is 0.00000131. The Kier molecular flexibility index (Phi) is 14.4. The molecule has 56 heavy (non-hydrogen) atoms. The van der Waals surface area contributed by atoms with Crippen LogP contribution in [0.2, 0.25) is 0 Å². The van der Waals surface area contributed by atoms with Crippen molar-refractivity contribution in [2.45, 2.75) is 44.7 Å². The molecule has 0 bridgehead atoms. The van der Waals surface area contributed by atoms with E-state index in [4.69, 9.17) is 37.2 Å². The van der Waals surface area contributed by atoms with Crippen LogP contribution in [0.4, 0.5) is 19.4 Å². The summed E-state index contributed by atoms with van der Waals surface area (Å²) in [6, 6.07) is 15.1. The molecule has 3 unspecified atom stereocenters. The summed E-state index contributed by atoms with van der Waals surface area (Å²) in [5, 5.41) is 30.6. The second kappa shape index (κ2) is 18.7. The van der Waals surface area contributed by atoms with E-state index in [2.05, 4.69) is 21.5 Å². The lowest BCUT2D eigenvalue weighted by Crippen LogP contribution is -2.42. The van der Waals surface area contributed by atoms with E-state index in [1.54, 1.807) is 62.7 Å². The molecule has 21 heteroatoms. The van der Waals surface area contributed by atoms with Gasteiger partial charge in [0.05, 0.1) is 28.9 Å². The number of benzene rings is 2. The largest absolute Gasteiger partial charge is 0.726 e. The molecule has 0 spiro atoms. The molecule has 3 atom stereocenters. The maximum absolute atomic E-state index is 15.3. The van der Waals surface area contributed by atoms with E-state index in [0.717, 1.165) is 23.8 Å². The highest BCUT2D eigenvalue weighted by atomic mass is 32.3. The number of esters is 1. The quantitative estimate of drug-likeness (QED) is 0.0667. The summed E-state index contributed by atoms with van der Waals surface area (Å²) in [4.78, 5) is 35.1. The van der Waals surface area contributed by atoms with Gasteiger partial charge in [0.25, 0.3) is 6.33 Å². The Morgan fingerprint density at radius 1 is 1.20 bits per heavy atom. The molecule has 3 N–H and O–H groups in total. The van der Waals surface area contributed by atoms with Crippen LogP contribution >= 0.6 is 11.3 Å². The molecule has 3 aromatic heterocycles. The number of aromatic nitrogens is 5. The summed E-state index contributed by atoms with van der Waals surface area (Å²) in [7, 11) is -1.84. The van der Waals surface area contributed by atoms with Gasteiger partial charge in [0.2, 0.25) is 23.0 Å². The van der Waals surface area contributed by atoms with Crippen molar-refractivity contribution in [3.05, 3.63) is 112 Å². The highest BCUT2D eigenvalue weighted by Gasteiger charge is 2.43. The molecule has 1 amide bonds. The molecule has 3 heterocycles. The predicted octanol–water partition coefficient (Wildman–Crippen LogP) is 3.59. The summed E-state index contributed by atoms with van der Waals surface area (Å²) in [5.74, 6) is -2.64. The molecule has 0 fully saturated rings. The third-order valence-electron chi connectivity index (χ3n) is 8.18. The number of thiazole rings is 1. The fraction of sp³-hybridized carbons (Fsp3) is 0.286. The van der Waals surface area contributed by atoms with Crippen LogP contribution < -0.4 is 14.8 Å². The summed E-state index contributed by atoms with van der Waals surface area (Å²) in [6.45, 7) is 2.85. The van der Waals surface area contributed by atoms with E-state index >= 15 is 4.39 Å². The average Bonchev–Trinajstić information content (AvgIpc) is 3.84. The standard InChI is InChI=1S/C35H35F2N8O5S.H2O4S/c1-22(33-42-30(18-51-33)25-9-7-24(15-38)8-10-25)35(48,28-14-27(36)11-12-29(28)37)19-45-21-44(20-41-45)23(2)50-34(47)43(4)32-26(6-5-13-40-32)17-49-31(46)16-39-3;1-5(2,3)4/h5-14,18,20-23,39,48H,16-17,19H2,1-4H3;(H2,1,2,3,4)/q+1;/p-1. The second-order valence-electron chi connectivity index (χ2n) is 12.1. The minimum absolute atomic E-state index is 0.0229. The summed E-state index contributed by atoms with van der Waals surface area (Å²) >= 11 is 1.25. The van der Waals surface area contributed by atoms with Crippen LogP contribution in [0.25, 0.3) is 11.3 Å². The number of hydrogen-bond donors (Lipinski definition) is 3. The van der Waals surface area contributed by atoms with Gasteiger partial charge < -0.3 is 24.4 Å². The fourth-order valence-electron chi connectivity index (χ4n) is 5.25. The van der Waals surface area contributed by atoms with Crippen molar-refractivity contribution in [1.29, 1.82) is 5.26 Å². The first-order valence-corrected chi connectivity index (χ1v) is 18.6. The van der Waals surface area contributed by atoms with E-state index in [9.17, 15) is 19.1 Å². The van der Waals surface area contributed by atoms with Crippen LogP contribution in [0, 0.1) is 23.0 Å². The van der Waals surface area contributed by atoms with Crippen molar-refractivity contribution in [2.75, 3.05) is 25.5 Å². The average molecular weight is 815 g/mol. The first-order chi connectivity index (χ1) is 26.4. The van der Waals surface area contributed by atoms with E-state index in [-0.39, 0.29) is 31.1 Å². The topological polar surface area (TPSA) is 237 Å². The van der Waals surface area contributed by atoms with Gasteiger partial charge in [-0.3, -0.25) is 14.2 Å². The van der Waals surface area contributed by atoms with E-state index < -0.39 is 51.8 Å². The predicted molar refractivity (Wildman–Crippen MR) is 193 cm³/mol.